The Labute approximate surface area is 293 Å². The largest absolute Gasteiger partial charge is 0.455 e. The number of furan rings is 1. The van der Waals surface area contributed by atoms with Crippen molar-refractivity contribution in [2.24, 2.45) is 0 Å². The highest BCUT2D eigenvalue weighted by atomic mass is 16.3. The van der Waals surface area contributed by atoms with E-state index in [1.165, 1.54) is 54.7 Å². The van der Waals surface area contributed by atoms with Gasteiger partial charge in [0.25, 0.3) is 0 Å². The third kappa shape index (κ3) is 4.12. The molecule has 0 saturated carbocycles. The molecule has 11 rings (SSSR count). The van der Waals surface area contributed by atoms with Crippen molar-refractivity contribution < 1.29 is 4.42 Å². The fourth-order valence-corrected chi connectivity index (χ4v) is 8.24. The molecule has 0 atom stereocenters. The van der Waals surface area contributed by atoms with Gasteiger partial charge in [0.05, 0.1) is 22.1 Å². The Kier molecular flexibility index (Phi) is 5.96. The molecule has 11 aromatic rings. The van der Waals surface area contributed by atoms with Crippen LogP contribution in [0.4, 0.5) is 0 Å². The topological polar surface area (TPSA) is 23.0 Å². The summed E-state index contributed by atoms with van der Waals surface area (Å²) in [5.41, 5.74) is 13.5. The van der Waals surface area contributed by atoms with E-state index in [9.17, 15) is 0 Å². The highest BCUT2D eigenvalue weighted by Crippen LogP contribution is 2.42. The Balaban J connectivity index is 1.16. The summed E-state index contributed by atoms with van der Waals surface area (Å²) in [4.78, 5) is 0. The summed E-state index contributed by atoms with van der Waals surface area (Å²) < 4.78 is 11.3. The maximum Gasteiger partial charge on any atom is 0.143 e. The molecule has 0 unspecified atom stereocenters. The van der Waals surface area contributed by atoms with Gasteiger partial charge < -0.3 is 13.6 Å². The van der Waals surface area contributed by atoms with Crippen molar-refractivity contribution in [3.63, 3.8) is 0 Å². The molecular formula is C48H30N2O. The quantitative estimate of drug-likeness (QED) is 0.186. The van der Waals surface area contributed by atoms with Crippen LogP contribution >= 0.6 is 0 Å². The van der Waals surface area contributed by atoms with Gasteiger partial charge in [-0.1, -0.05) is 140 Å². The van der Waals surface area contributed by atoms with Crippen molar-refractivity contribution in [2.45, 2.75) is 0 Å². The smallest absolute Gasteiger partial charge is 0.143 e. The van der Waals surface area contributed by atoms with Crippen LogP contribution in [0.15, 0.2) is 186 Å². The van der Waals surface area contributed by atoms with Crippen LogP contribution in [0.3, 0.4) is 0 Å². The summed E-state index contributed by atoms with van der Waals surface area (Å²) in [5.74, 6) is 0. The fraction of sp³-hybridized carbons (Fsp3) is 0. The Morgan fingerprint density at radius 3 is 1.43 bits per heavy atom. The highest BCUT2D eigenvalue weighted by molar-refractivity contribution is 6.23. The second-order valence-electron chi connectivity index (χ2n) is 13.3. The summed E-state index contributed by atoms with van der Waals surface area (Å²) in [6.07, 6.45) is 0. The molecule has 0 aliphatic rings. The van der Waals surface area contributed by atoms with Gasteiger partial charge in [-0.05, 0) is 59.2 Å². The predicted molar refractivity (Wildman–Crippen MR) is 213 cm³/mol. The van der Waals surface area contributed by atoms with Gasteiger partial charge in [-0.25, -0.2) is 0 Å². The Morgan fingerprint density at radius 1 is 0.314 bits per heavy atom. The van der Waals surface area contributed by atoms with Gasteiger partial charge in [0.15, 0.2) is 0 Å². The van der Waals surface area contributed by atoms with Crippen LogP contribution in [0.5, 0.6) is 0 Å². The highest BCUT2D eigenvalue weighted by Gasteiger charge is 2.21. The molecular weight excluding hydrogens is 621 g/mol. The van der Waals surface area contributed by atoms with Gasteiger partial charge in [0.2, 0.25) is 0 Å². The number of fused-ring (bicyclic) bond motifs is 10. The van der Waals surface area contributed by atoms with E-state index < -0.39 is 0 Å². The molecule has 0 spiro atoms. The summed E-state index contributed by atoms with van der Waals surface area (Å²) in [5, 5.41) is 7.24. The molecule has 8 aromatic carbocycles. The fourth-order valence-electron chi connectivity index (χ4n) is 8.24. The van der Waals surface area contributed by atoms with Gasteiger partial charge in [-0.15, -0.1) is 0 Å². The number of rotatable bonds is 4. The molecule has 3 heterocycles. The predicted octanol–water partition coefficient (Wildman–Crippen LogP) is 13.1. The normalized spacial score (nSPS) is 11.9. The van der Waals surface area contributed by atoms with Crippen molar-refractivity contribution in [1.82, 2.24) is 9.13 Å². The molecule has 0 bridgehead atoms. The number of nitrogens with zero attached hydrogens (tertiary/aromatic N) is 2. The monoisotopic (exact) mass is 650 g/mol. The lowest BCUT2D eigenvalue weighted by Gasteiger charge is -2.13. The lowest BCUT2D eigenvalue weighted by Crippen LogP contribution is -1.99. The standard InChI is InChI=1S/C48H30N2O/c1-2-11-31(12-3-1)32-21-25-34(26-22-32)49-43-18-7-4-13-37(43)40-29-30-41-38-14-5-8-19-44(38)50(47(41)46(40)49)35-27-23-33(24-28-35)36-16-10-17-42-39-15-6-9-20-45(39)51-48(36)42/h1-30H. The average molecular weight is 651 g/mol. The minimum Gasteiger partial charge on any atom is -0.455 e. The first-order valence-electron chi connectivity index (χ1n) is 17.4. The summed E-state index contributed by atoms with van der Waals surface area (Å²) >= 11 is 0. The zero-order chi connectivity index (χ0) is 33.5. The van der Waals surface area contributed by atoms with Crippen molar-refractivity contribution in [3.05, 3.63) is 182 Å². The molecule has 0 N–H and O–H groups in total. The lowest BCUT2D eigenvalue weighted by molar-refractivity contribution is 0.670. The second-order valence-corrected chi connectivity index (χ2v) is 13.3. The molecule has 3 aromatic heterocycles. The molecule has 0 aliphatic carbocycles. The van der Waals surface area contributed by atoms with Crippen molar-refractivity contribution in [1.29, 1.82) is 0 Å². The molecule has 238 valence electrons. The van der Waals surface area contributed by atoms with Crippen LogP contribution in [-0.4, -0.2) is 9.13 Å². The molecule has 0 fully saturated rings. The molecule has 0 radical (unpaired) electrons. The van der Waals surface area contributed by atoms with E-state index in [-0.39, 0.29) is 0 Å². The Hall–Kier alpha value is -6.84. The Bertz CT molecular complexity index is 3100. The third-order valence-electron chi connectivity index (χ3n) is 10.5. The second kappa shape index (κ2) is 10.8. The van der Waals surface area contributed by atoms with Crippen LogP contribution in [0.2, 0.25) is 0 Å². The van der Waals surface area contributed by atoms with Crippen molar-refractivity contribution >= 4 is 65.6 Å². The minimum absolute atomic E-state index is 0.913. The molecule has 0 saturated heterocycles. The molecule has 3 heteroatoms. The summed E-state index contributed by atoms with van der Waals surface area (Å²) in [6, 6.07) is 65.4. The maximum atomic E-state index is 6.41. The first kappa shape index (κ1) is 28.0. The number of hydrogen-bond donors (Lipinski definition) is 0. The number of hydrogen-bond acceptors (Lipinski definition) is 1. The van der Waals surface area contributed by atoms with Crippen LogP contribution in [-0.2, 0) is 0 Å². The zero-order valence-corrected chi connectivity index (χ0v) is 27.6. The summed E-state index contributed by atoms with van der Waals surface area (Å²) in [6.45, 7) is 0. The zero-order valence-electron chi connectivity index (χ0n) is 27.6. The van der Waals surface area contributed by atoms with E-state index in [1.807, 2.05) is 12.1 Å². The Morgan fingerprint density at radius 2 is 0.804 bits per heavy atom. The summed E-state index contributed by atoms with van der Waals surface area (Å²) in [7, 11) is 0. The molecule has 3 nitrogen and oxygen atoms in total. The van der Waals surface area contributed by atoms with E-state index in [0.717, 1.165) is 44.4 Å². The van der Waals surface area contributed by atoms with E-state index in [1.54, 1.807) is 0 Å². The average Bonchev–Trinajstić information content (AvgIpc) is 3.86. The van der Waals surface area contributed by atoms with E-state index in [2.05, 4.69) is 179 Å². The van der Waals surface area contributed by atoms with E-state index in [4.69, 9.17) is 4.42 Å². The van der Waals surface area contributed by atoms with Gasteiger partial charge in [0, 0.05) is 49.3 Å². The number of benzene rings is 8. The van der Waals surface area contributed by atoms with Gasteiger partial charge in [-0.3, -0.25) is 0 Å². The molecule has 0 amide bonds. The van der Waals surface area contributed by atoms with Crippen LogP contribution in [0.25, 0.3) is 99.2 Å². The van der Waals surface area contributed by atoms with Gasteiger partial charge in [0.1, 0.15) is 11.2 Å². The van der Waals surface area contributed by atoms with E-state index >= 15 is 0 Å². The minimum atomic E-state index is 0.913. The first-order chi connectivity index (χ1) is 25.3. The van der Waals surface area contributed by atoms with Gasteiger partial charge in [-0.2, -0.15) is 0 Å². The third-order valence-corrected chi connectivity index (χ3v) is 10.5. The molecule has 0 aliphatic heterocycles. The van der Waals surface area contributed by atoms with Crippen LogP contribution in [0.1, 0.15) is 0 Å². The number of aromatic nitrogens is 2. The maximum absolute atomic E-state index is 6.41. The van der Waals surface area contributed by atoms with Crippen LogP contribution in [0, 0.1) is 0 Å². The van der Waals surface area contributed by atoms with E-state index in [0.29, 0.717) is 0 Å². The lowest BCUT2D eigenvalue weighted by atomic mass is 10.0. The SMILES string of the molecule is c1ccc(-c2ccc(-n3c4ccccc4c4ccc5c6ccccc6n(-c6ccc(-c7cccc8c7oc7ccccc78)cc6)c5c43)cc2)cc1. The molecule has 51 heavy (non-hydrogen) atoms. The van der Waals surface area contributed by atoms with Crippen molar-refractivity contribution in [2.75, 3.05) is 0 Å². The van der Waals surface area contributed by atoms with Gasteiger partial charge >= 0.3 is 0 Å². The van der Waals surface area contributed by atoms with Crippen LogP contribution < -0.4 is 0 Å². The number of para-hydroxylation sites is 4. The first-order valence-corrected chi connectivity index (χ1v) is 17.4. The van der Waals surface area contributed by atoms with Crippen molar-refractivity contribution in [3.8, 4) is 33.6 Å².